The van der Waals surface area contributed by atoms with Crippen LogP contribution in [0.4, 0.5) is 0 Å². The molecule has 3 heteroatoms. The average molecular weight is 305 g/mol. The van der Waals surface area contributed by atoms with Gasteiger partial charge in [-0.2, -0.15) is 0 Å². The van der Waals surface area contributed by atoms with Gasteiger partial charge in [0.1, 0.15) is 0 Å². The van der Waals surface area contributed by atoms with Crippen LogP contribution >= 0.6 is 23.2 Å². The van der Waals surface area contributed by atoms with Crippen molar-refractivity contribution in [2.24, 2.45) is 0 Å². The molecule has 0 spiro atoms. The van der Waals surface area contributed by atoms with Crippen LogP contribution in [0.1, 0.15) is 28.4 Å². The van der Waals surface area contributed by atoms with E-state index in [0.717, 1.165) is 12.0 Å². The molecule has 0 unspecified atom stereocenters. The van der Waals surface area contributed by atoms with Crippen LogP contribution in [0.2, 0.25) is 10.0 Å². The van der Waals surface area contributed by atoms with Gasteiger partial charge in [0.2, 0.25) is 0 Å². The maximum atomic E-state index is 12.1. The molecule has 0 amide bonds. The van der Waals surface area contributed by atoms with Crippen LogP contribution in [0.3, 0.4) is 0 Å². The Balaban J connectivity index is 2.15. The van der Waals surface area contributed by atoms with Crippen molar-refractivity contribution in [1.29, 1.82) is 0 Å². The minimum atomic E-state index is -0.133. The van der Waals surface area contributed by atoms with E-state index in [1.165, 1.54) is 11.6 Å². The minimum absolute atomic E-state index is 0.133. The molecule has 2 rings (SSSR count). The molecule has 20 heavy (non-hydrogen) atoms. The standard InChI is InChI=1S/C17H14Cl2O/c1-2-12-3-5-13(6-4-12)7-10-17(20)15-9-8-14(18)11-16(15)19/h3-11H,2H2,1H3/b10-7+. The number of halogens is 2. The second-order valence-corrected chi connectivity index (χ2v) is 5.26. The van der Waals surface area contributed by atoms with E-state index in [0.29, 0.717) is 15.6 Å². The van der Waals surface area contributed by atoms with Gasteiger partial charge >= 0.3 is 0 Å². The molecule has 0 N–H and O–H groups in total. The molecule has 0 heterocycles. The summed E-state index contributed by atoms with van der Waals surface area (Å²) >= 11 is 11.8. The van der Waals surface area contributed by atoms with Crippen LogP contribution in [-0.4, -0.2) is 5.78 Å². The summed E-state index contributed by atoms with van der Waals surface area (Å²) < 4.78 is 0. The second kappa shape index (κ2) is 6.74. The van der Waals surface area contributed by atoms with E-state index in [4.69, 9.17) is 23.2 Å². The fraction of sp³-hybridized carbons (Fsp3) is 0.118. The summed E-state index contributed by atoms with van der Waals surface area (Å²) in [6.45, 7) is 2.11. The third kappa shape index (κ3) is 3.72. The van der Waals surface area contributed by atoms with Gasteiger partial charge in [-0.05, 0) is 41.8 Å². The van der Waals surface area contributed by atoms with E-state index >= 15 is 0 Å². The van der Waals surface area contributed by atoms with Crippen LogP contribution in [0.25, 0.3) is 6.08 Å². The van der Waals surface area contributed by atoms with Gasteiger partial charge < -0.3 is 0 Å². The van der Waals surface area contributed by atoms with E-state index in [2.05, 4.69) is 19.1 Å². The number of rotatable bonds is 4. The molecule has 2 aromatic rings. The first-order chi connectivity index (χ1) is 9.60. The number of hydrogen-bond acceptors (Lipinski definition) is 1. The normalized spacial score (nSPS) is 10.9. The van der Waals surface area contributed by atoms with Gasteiger partial charge in [0.15, 0.2) is 5.78 Å². The summed E-state index contributed by atoms with van der Waals surface area (Å²) in [5.74, 6) is -0.133. The monoisotopic (exact) mass is 304 g/mol. The average Bonchev–Trinajstić information content (AvgIpc) is 2.45. The fourth-order valence-electron chi connectivity index (χ4n) is 1.82. The lowest BCUT2D eigenvalue weighted by Gasteiger charge is -2.00. The number of allylic oxidation sites excluding steroid dienone is 1. The Kier molecular flexibility index (Phi) is 4.99. The molecule has 0 saturated heterocycles. The number of carbonyl (C=O) groups is 1. The molecule has 0 radical (unpaired) electrons. The minimum Gasteiger partial charge on any atom is -0.289 e. The Hall–Kier alpha value is -1.57. The molecule has 0 fully saturated rings. The quantitative estimate of drug-likeness (QED) is 0.542. The molecule has 0 aromatic heterocycles. The predicted octanol–water partition coefficient (Wildman–Crippen LogP) is 5.45. The molecule has 0 aliphatic rings. The number of benzene rings is 2. The van der Waals surface area contributed by atoms with Crippen molar-refractivity contribution in [2.75, 3.05) is 0 Å². The highest BCUT2D eigenvalue weighted by molar-refractivity contribution is 6.37. The highest BCUT2D eigenvalue weighted by Gasteiger charge is 2.07. The Morgan fingerprint density at radius 3 is 2.40 bits per heavy atom. The molecular formula is C17H14Cl2O. The number of hydrogen-bond donors (Lipinski definition) is 0. The summed E-state index contributed by atoms with van der Waals surface area (Å²) in [5.41, 5.74) is 2.72. The maximum Gasteiger partial charge on any atom is 0.187 e. The molecular weight excluding hydrogens is 291 g/mol. The van der Waals surface area contributed by atoms with Crippen molar-refractivity contribution in [1.82, 2.24) is 0 Å². The molecule has 2 aromatic carbocycles. The lowest BCUT2D eigenvalue weighted by atomic mass is 10.1. The highest BCUT2D eigenvalue weighted by atomic mass is 35.5. The number of carbonyl (C=O) groups excluding carboxylic acids is 1. The van der Waals surface area contributed by atoms with Crippen LogP contribution in [0, 0.1) is 0 Å². The molecule has 1 nitrogen and oxygen atoms in total. The van der Waals surface area contributed by atoms with E-state index in [1.54, 1.807) is 24.3 Å². The molecule has 0 bridgehead atoms. The van der Waals surface area contributed by atoms with E-state index in [9.17, 15) is 4.79 Å². The fourth-order valence-corrected chi connectivity index (χ4v) is 2.32. The van der Waals surface area contributed by atoms with Crippen molar-refractivity contribution >= 4 is 35.1 Å². The summed E-state index contributed by atoms with van der Waals surface area (Å²) in [6, 6.07) is 13.0. The predicted molar refractivity (Wildman–Crippen MR) is 85.6 cm³/mol. The van der Waals surface area contributed by atoms with Crippen molar-refractivity contribution in [2.45, 2.75) is 13.3 Å². The van der Waals surface area contributed by atoms with Gasteiger partial charge in [0.05, 0.1) is 5.02 Å². The van der Waals surface area contributed by atoms with Gasteiger partial charge in [-0.3, -0.25) is 4.79 Å². The van der Waals surface area contributed by atoms with Gasteiger partial charge in [-0.1, -0.05) is 60.5 Å². The van der Waals surface area contributed by atoms with Gasteiger partial charge in [-0.25, -0.2) is 0 Å². The zero-order valence-electron chi connectivity index (χ0n) is 11.1. The van der Waals surface area contributed by atoms with Crippen molar-refractivity contribution in [3.05, 3.63) is 75.3 Å². The van der Waals surface area contributed by atoms with Crippen LogP contribution in [0.15, 0.2) is 48.5 Å². The lowest BCUT2D eigenvalue weighted by molar-refractivity contribution is 0.104. The third-order valence-electron chi connectivity index (χ3n) is 3.01. The molecule has 0 saturated carbocycles. The number of ketones is 1. The SMILES string of the molecule is CCc1ccc(/C=C/C(=O)c2ccc(Cl)cc2Cl)cc1. The molecule has 102 valence electrons. The molecule has 0 atom stereocenters. The smallest absolute Gasteiger partial charge is 0.187 e. The van der Waals surface area contributed by atoms with Crippen molar-refractivity contribution < 1.29 is 4.79 Å². The maximum absolute atomic E-state index is 12.1. The van der Waals surface area contributed by atoms with E-state index < -0.39 is 0 Å². The molecule has 0 aliphatic carbocycles. The Bertz CT molecular complexity index is 643. The summed E-state index contributed by atoms with van der Waals surface area (Å²) in [6.07, 6.45) is 4.31. The Labute approximate surface area is 128 Å². The lowest BCUT2D eigenvalue weighted by Crippen LogP contribution is -1.95. The first kappa shape index (κ1) is 14.8. The summed E-state index contributed by atoms with van der Waals surface area (Å²) in [5, 5.41) is 0.888. The Morgan fingerprint density at radius 1 is 1.10 bits per heavy atom. The van der Waals surface area contributed by atoms with Gasteiger partial charge in [0.25, 0.3) is 0 Å². The van der Waals surface area contributed by atoms with E-state index in [-0.39, 0.29) is 5.78 Å². The summed E-state index contributed by atoms with van der Waals surface area (Å²) in [7, 11) is 0. The second-order valence-electron chi connectivity index (χ2n) is 4.42. The van der Waals surface area contributed by atoms with Crippen LogP contribution in [0.5, 0.6) is 0 Å². The van der Waals surface area contributed by atoms with Gasteiger partial charge in [0, 0.05) is 10.6 Å². The first-order valence-electron chi connectivity index (χ1n) is 6.36. The van der Waals surface area contributed by atoms with Crippen LogP contribution in [-0.2, 0) is 6.42 Å². The third-order valence-corrected chi connectivity index (χ3v) is 3.56. The zero-order valence-corrected chi connectivity index (χ0v) is 12.6. The highest BCUT2D eigenvalue weighted by Crippen LogP contribution is 2.22. The number of aryl methyl sites for hydroxylation is 1. The molecule has 0 aliphatic heterocycles. The van der Waals surface area contributed by atoms with E-state index in [1.807, 2.05) is 12.1 Å². The van der Waals surface area contributed by atoms with Crippen molar-refractivity contribution in [3.63, 3.8) is 0 Å². The first-order valence-corrected chi connectivity index (χ1v) is 7.12. The zero-order chi connectivity index (χ0) is 14.5. The topological polar surface area (TPSA) is 17.1 Å². The van der Waals surface area contributed by atoms with Gasteiger partial charge in [-0.15, -0.1) is 0 Å². The Morgan fingerprint density at radius 2 is 1.80 bits per heavy atom. The summed E-state index contributed by atoms with van der Waals surface area (Å²) in [4.78, 5) is 12.1. The largest absolute Gasteiger partial charge is 0.289 e. The van der Waals surface area contributed by atoms with Crippen LogP contribution < -0.4 is 0 Å². The van der Waals surface area contributed by atoms with Crippen molar-refractivity contribution in [3.8, 4) is 0 Å².